The molecule has 0 heterocycles. The summed E-state index contributed by atoms with van der Waals surface area (Å²) in [5.74, 6) is -1.04. The fourth-order valence-corrected chi connectivity index (χ4v) is 3.10. The first-order chi connectivity index (χ1) is 11.4. The Labute approximate surface area is 147 Å². The fraction of sp³-hybridized carbons (Fsp3) is 0.222. The quantitative estimate of drug-likeness (QED) is 0.820. The van der Waals surface area contributed by atoms with E-state index in [2.05, 4.69) is 26.6 Å². The van der Waals surface area contributed by atoms with E-state index in [1.165, 1.54) is 25.1 Å². The van der Waals surface area contributed by atoms with Gasteiger partial charge < -0.3 is 10.6 Å². The van der Waals surface area contributed by atoms with Gasteiger partial charge in [-0.2, -0.15) is 0 Å². The van der Waals surface area contributed by atoms with Crippen molar-refractivity contribution in [3.05, 3.63) is 58.3 Å². The molecule has 0 bridgehead atoms. The summed E-state index contributed by atoms with van der Waals surface area (Å²) in [4.78, 5) is 23.8. The predicted molar refractivity (Wildman–Crippen MR) is 94.4 cm³/mol. The molecule has 0 atom stereocenters. The second-order valence-corrected chi connectivity index (χ2v) is 6.84. The Hall–Kier alpha value is -2.21. The largest absolute Gasteiger partial charge is 0.325 e. The smallest absolute Gasteiger partial charge is 0.235 e. The Morgan fingerprint density at radius 2 is 1.88 bits per heavy atom. The first kappa shape index (κ1) is 16.6. The number of nitrogens with one attached hydrogen (secondary N) is 2. The van der Waals surface area contributed by atoms with Crippen molar-refractivity contribution in [1.82, 2.24) is 0 Å². The molecular weight excluding hydrogens is 375 g/mol. The van der Waals surface area contributed by atoms with Crippen LogP contribution in [-0.4, -0.2) is 11.8 Å². The molecule has 1 fully saturated rings. The lowest BCUT2D eigenvalue weighted by atomic mass is 9.95. The lowest BCUT2D eigenvalue weighted by Gasteiger charge is -2.17. The molecule has 1 aliphatic rings. The van der Waals surface area contributed by atoms with Crippen molar-refractivity contribution >= 4 is 39.1 Å². The highest BCUT2D eigenvalue weighted by molar-refractivity contribution is 9.10. The van der Waals surface area contributed by atoms with E-state index < -0.39 is 11.2 Å². The van der Waals surface area contributed by atoms with Gasteiger partial charge in [0.15, 0.2) is 0 Å². The van der Waals surface area contributed by atoms with E-state index in [0.29, 0.717) is 5.69 Å². The molecular formula is C18H16BrFN2O2. The van der Waals surface area contributed by atoms with Gasteiger partial charge in [0.2, 0.25) is 11.8 Å². The van der Waals surface area contributed by atoms with Gasteiger partial charge in [0.05, 0.1) is 11.1 Å². The van der Waals surface area contributed by atoms with Crippen LogP contribution in [0.2, 0.25) is 0 Å². The summed E-state index contributed by atoms with van der Waals surface area (Å²) in [6, 6.07) is 11.8. The molecule has 1 aliphatic carbocycles. The van der Waals surface area contributed by atoms with E-state index in [1.807, 2.05) is 24.3 Å². The summed E-state index contributed by atoms with van der Waals surface area (Å²) in [5, 5.41) is 5.24. The van der Waals surface area contributed by atoms with Gasteiger partial charge in [-0.15, -0.1) is 0 Å². The normalized spacial score (nSPS) is 14.8. The molecule has 3 rings (SSSR count). The Kier molecular flexibility index (Phi) is 4.41. The number of rotatable bonds is 4. The topological polar surface area (TPSA) is 58.2 Å². The highest BCUT2D eigenvalue weighted by atomic mass is 79.9. The number of hydrogen-bond donors (Lipinski definition) is 2. The third kappa shape index (κ3) is 3.33. The Bertz CT molecular complexity index is 818. The summed E-state index contributed by atoms with van der Waals surface area (Å²) >= 11 is 3.43. The van der Waals surface area contributed by atoms with Crippen LogP contribution in [0.5, 0.6) is 0 Å². The highest BCUT2D eigenvalue weighted by Gasteiger charge is 2.51. The molecule has 2 aromatic rings. The monoisotopic (exact) mass is 390 g/mol. The first-order valence-corrected chi connectivity index (χ1v) is 8.35. The predicted octanol–water partition coefficient (Wildman–Crippen LogP) is 4.22. The molecule has 1 saturated carbocycles. The second kappa shape index (κ2) is 6.36. The van der Waals surface area contributed by atoms with Crippen LogP contribution in [-0.2, 0) is 15.0 Å². The minimum absolute atomic E-state index is 0.0487. The maximum atomic E-state index is 13.7. The molecule has 24 heavy (non-hydrogen) atoms. The van der Waals surface area contributed by atoms with Crippen LogP contribution in [0.25, 0.3) is 0 Å². The number of halogens is 2. The summed E-state index contributed by atoms with van der Waals surface area (Å²) in [5.41, 5.74) is 0.921. The summed E-state index contributed by atoms with van der Waals surface area (Å²) < 4.78 is 14.6. The van der Waals surface area contributed by atoms with Crippen molar-refractivity contribution < 1.29 is 14.0 Å². The standard InChI is InChI=1S/C18H16BrFN2O2/c1-11(23)21-16-10-14(5-6-15(16)20)22-17(24)18(7-8-18)12-3-2-4-13(19)9-12/h2-6,9-10H,7-8H2,1H3,(H,21,23)(H,22,24). The van der Waals surface area contributed by atoms with Crippen LogP contribution in [0.15, 0.2) is 46.9 Å². The van der Waals surface area contributed by atoms with Gasteiger partial charge in [-0.3, -0.25) is 9.59 Å². The molecule has 0 aromatic heterocycles. The van der Waals surface area contributed by atoms with E-state index in [-0.39, 0.29) is 17.5 Å². The van der Waals surface area contributed by atoms with Crippen LogP contribution in [0.1, 0.15) is 25.3 Å². The number of carbonyl (C=O) groups is 2. The average molecular weight is 391 g/mol. The van der Waals surface area contributed by atoms with E-state index in [9.17, 15) is 14.0 Å². The van der Waals surface area contributed by atoms with Crippen LogP contribution in [0, 0.1) is 5.82 Å². The molecule has 0 saturated heterocycles. The third-order valence-corrected chi connectivity index (χ3v) is 4.59. The molecule has 0 unspecified atom stereocenters. The average Bonchev–Trinajstić information content (AvgIpc) is 3.32. The number of carbonyl (C=O) groups excluding carboxylic acids is 2. The summed E-state index contributed by atoms with van der Waals surface area (Å²) in [6.07, 6.45) is 1.55. The SMILES string of the molecule is CC(=O)Nc1cc(NC(=O)C2(c3cccc(Br)c3)CC2)ccc1F. The van der Waals surface area contributed by atoms with Crippen LogP contribution >= 0.6 is 15.9 Å². The molecule has 2 amide bonds. The van der Waals surface area contributed by atoms with Gasteiger partial charge in [-0.25, -0.2) is 4.39 Å². The molecule has 0 aliphatic heterocycles. The van der Waals surface area contributed by atoms with Gasteiger partial charge in [0.25, 0.3) is 0 Å². The maximum absolute atomic E-state index is 13.7. The second-order valence-electron chi connectivity index (χ2n) is 5.92. The van der Waals surface area contributed by atoms with Crippen LogP contribution in [0.4, 0.5) is 15.8 Å². The van der Waals surface area contributed by atoms with Crippen molar-refractivity contribution in [2.24, 2.45) is 0 Å². The molecule has 6 heteroatoms. The van der Waals surface area contributed by atoms with Gasteiger partial charge in [-0.1, -0.05) is 28.1 Å². The van der Waals surface area contributed by atoms with Crippen LogP contribution < -0.4 is 10.6 Å². The van der Waals surface area contributed by atoms with Crippen molar-refractivity contribution in [2.75, 3.05) is 10.6 Å². The molecule has 0 spiro atoms. The third-order valence-electron chi connectivity index (χ3n) is 4.10. The minimum atomic E-state index is -0.545. The first-order valence-electron chi connectivity index (χ1n) is 7.55. The minimum Gasteiger partial charge on any atom is -0.325 e. The highest BCUT2D eigenvalue weighted by Crippen LogP contribution is 2.49. The lowest BCUT2D eigenvalue weighted by Crippen LogP contribution is -2.27. The number of anilines is 2. The maximum Gasteiger partial charge on any atom is 0.235 e. The number of amides is 2. The zero-order valence-electron chi connectivity index (χ0n) is 13.0. The van der Waals surface area contributed by atoms with Crippen molar-refractivity contribution in [3.8, 4) is 0 Å². The summed E-state index contributed by atoms with van der Waals surface area (Å²) in [7, 11) is 0. The number of benzene rings is 2. The zero-order valence-corrected chi connectivity index (χ0v) is 14.6. The van der Waals surface area contributed by atoms with E-state index >= 15 is 0 Å². The Morgan fingerprint density at radius 1 is 1.12 bits per heavy atom. The zero-order chi connectivity index (χ0) is 17.3. The Balaban J connectivity index is 1.81. The lowest BCUT2D eigenvalue weighted by molar-refractivity contribution is -0.118. The fourth-order valence-electron chi connectivity index (χ4n) is 2.70. The van der Waals surface area contributed by atoms with E-state index in [0.717, 1.165) is 22.9 Å². The van der Waals surface area contributed by atoms with Crippen molar-refractivity contribution in [3.63, 3.8) is 0 Å². The van der Waals surface area contributed by atoms with E-state index in [1.54, 1.807) is 0 Å². The molecule has 4 nitrogen and oxygen atoms in total. The van der Waals surface area contributed by atoms with Gasteiger partial charge in [0.1, 0.15) is 5.82 Å². The van der Waals surface area contributed by atoms with Crippen molar-refractivity contribution in [1.29, 1.82) is 0 Å². The van der Waals surface area contributed by atoms with Gasteiger partial charge in [-0.05, 0) is 48.7 Å². The molecule has 2 N–H and O–H groups in total. The summed E-state index contributed by atoms with van der Waals surface area (Å²) in [6.45, 7) is 1.30. The van der Waals surface area contributed by atoms with Gasteiger partial charge >= 0.3 is 0 Å². The van der Waals surface area contributed by atoms with Gasteiger partial charge in [0, 0.05) is 17.1 Å². The van der Waals surface area contributed by atoms with Crippen LogP contribution in [0.3, 0.4) is 0 Å². The molecule has 2 aromatic carbocycles. The Morgan fingerprint density at radius 3 is 2.50 bits per heavy atom. The van der Waals surface area contributed by atoms with E-state index in [4.69, 9.17) is 0 Å². The van der Waals surface area contributed by atoms with Crippen molar-refractivity contribution in [2.45, 2.75) is 25.2 Å². The molecule has 124 valence electrons. The number of hydrogen-bond acceptors (Lipinski definition) is 2. The molecule has 0 radical (unpaired) electrons.